The fraction of sp³-hybridized carbons (Fsp3) is 0.875. The average molecular weight is 190 g/mol. The maximum atomic E-state index is 12.1. The molecule has 0 aromatic heterocycles. The molecule has 5 heteroatoms. The third kappa shape index (κ3) is 1.41. The van der Waals surface area contributed by atoms with Gasteiger partial charge < -0.3 is 10.2 Å². The van der Waals surface area contributed by atoms with Crippen molar-refractivity contribution in [2.45, 2.75) is 18.9 Å². The average Bonchev–Trinajstić information content (AvgIpc) is 2.61. The van der Waals surface area contributed by atoms with Crippen molar-refractivity contribution in [1.82, 2.24) is 10.2 Å². The zero-order valence-electron chi connectivity index (χ0n) is 7.17. The summed E-state index contributed by atoms with van der Waals surface area (Å²) in [5.41, 5.74) is 0. The van der Waals surface area contributed by atoms with Gasteiger partial charge in [0.1, 0.15) is 0 Å². The predicted octanol–water partition coefficient (Wildman–Crippen LogP) is 0.0718. The maximum absolute atomic E-state index is 12.1. The van der Waals surface area contributed by atoms with Gasteiger partial charge in [-0.3, -0.25) is 4.79 Å². The van der Waals surface area contributed by atoms with Gasteiger partial charge in [-0.1, -0.05) is 0 Å². The molecule has 74 valence electrons. The van der Waals surface area contributed by atoms with Crippen molar-refractivity contribution in [3.8, 4) is 0 Å². The maximum Gasteiger partial charge on any atom is 0.315 e. The van der Waals surface area contributed by atoms with Crippen LogP contribution in [0.15, 0.2) is 0 Å². The second-order valence-corrected chi connectivity index (χ2v) is 3.61. The summed E-state index contributed by atoms with van der Waals surface area (Å²) in [6.45, 7) is 2.03. The van der Waals surface area contributed by atoms with Crippen molar-refractivity contribution in [2.75, 3.05) is 19.6 Å². The summed E-state index contributed by atoms with van der Waals surface area (Å²) in [5.74, 6) is -0.612. The third-order valence-electron chi connectivity index (χ3n) is 2.92. The van der Waals surface area contributed by atoms with Crippen LogP contribution in [0.4, 0.5) is 8.78 Å². The van der Waals surface area contributed by atoms with Crippen LogP contribution >= 0.6 is 0 Å². The van der Waals surface area contributed by atoms with Crippen LogP contribution in [-0.4, -0.2) is 42.9 Å². The van der Waals surface area contributed by atoms with Gasteiger partial charge in [0.25, 0.3) is 5.91 Å². The van der Waals surface area contributed by atoms with Gasteiger partial charge in [-0.15, -0.1) is 0 Å². The highest BCUT2D eigenvalue weighted by atomic mass is 19.3. The Morgan fingerprint density at radius 3 is 2.92 bits per heavy atom. The Bertz CT molecular complexity index is 222. The van der Waals surface area contributed by atoms with Gasteiger partial charge >= 0.3 is 6.43 Å². The fourth-order valence-corrected chi connectivity index (χ4v) is 2.25. The molecule has 1 amide bonds. The molecule has 0 spiro atoms. The molecule has 2 atom stereocenters. The van der Waals surface area contributed by atoms with Gasteiger partial charge in [-0.2, -0.15) is 8.78 Å². The lowest BCUT2D eigenvalue weighted by Gasteiger charge is -2.22. The Balaban J connectivity index is 2.04. The van der Waals surface area contributed by atoms with Crippen LogP contribution in [0.1, 0.15) is 6.42 Å². The van der Waals surface area contributed by atoms with Crippen molar-refractivity contribution in [3.63, 3.8) is 0 Å². The number of hydrogen-bond donors (Lipinski definition) is 1. The SMILES string of the molecule is O=C(C(F)F)N1CC[C@H]2CNC[C@H]21. The first-order valence-corrected chi connectivity index (χ1v) is 4.49. The Labute approximate surface area is 75.1 Å². The topological polar surface area (TPSA) is 32.3 Å². The van der Waals surface area contributed by atoms with E-state index in [4.69, 9.17) is 0 Å². The van der Waals surface area contributed by atoms with E-state index >= 15 is 0 Å². The molecule has 2 saturated heterocycles. The normalized spacial score (nSPS) is 32.7. The number of nitrogens with zero attached hydrogens (tertiary/aromatic N) is 1. The molecule has 0 saturated carbocycles. The van der Waals surface area contributed by atoms with Gasteiger partial charge in [0.15, 0.2) is 0 Å². The third-order valence-corrected chi connectivity index (χ3v) is 2.92. The summed E-state index contributed by atoms with van der Waals surface area (Å²) in [7, 11) is 0. The molecular formula is C8H12F2N2O. The van der Waals surface area contributed by atoms with Gasteiger partial charge in [0.05, 0.1) is 0 Å². The smallest absolute Gasteiger partial charge is 0.315 e. The molecule has 2 heterocycles. The largest absolute Gasteiger partial charge is 0.333 e. The van der Waals surface area contributed by atoms with Crippen LogP contribution in [0.25, 0.3) is 0 Å². The number of carbonyl (C=O) groups excluding carboxylic acids is 1. The van der Waals surface area contributed by atoms with Gasteiger partial charge in [0.2, 0.25) is 0 Å². The molecule has 0 aliphatic carbocycles. The zero-order chi connectivity index (χ0) is 9.42. The van der Waals surface area contributed by atoms with Gasteiger partial charge in [0, 0.05) is 25.7 Å². The number of likely N-dealkylation sites (tertiary alicyclic amines) is 1. The quantitative estimate of drug-likeness (QED) is 0.634. The highest BCUT2D eigenvalue weighted by Crippen LogP contribution is 2.27. The van der Waals surface area contributed by atoms with E-state index in [0.29, 0.717) is 19.0 Å². The number of amides is 1. The lowest BCUT2D eigenvalue weighted by Crippen LogP contribution is -2.42. The minimum absolute atomic E-state index is 0.0153. The monoisotopic (exact) mass is 190 g/mol. The van der Waals surface area contributed by atoms with E-state index in [1.54, 1.807) is 0 Å². The summed E-state index contributed by atoms with van der Waals surface area (Å²) in [6.07, 6.45) is -1.99. The number of alkyl halides is 2. The molecule has 2 aliphatic heterocycles. The molecular weight excluding hydrogens is 178 g/mol. The molecule has 0 unspecified atom stereocenters. The minimum Gasteiger partial charge on any atom is -0.333 e. The second kappa shape index (κ2) is 3.21. The number of hydrogen-bond acceptors (Lipinski definition) is 2. The summed E-state index contributed by atoms with van der Waals surface area (Å²) in [4.78, 5) is 12.4. The standard InChI is InChI=1S/C8H12F2N2O/c9-7(10)8(13)12-2-1-5-3-11-4-6(5)12/h5-7,11H,1-4H2/t5-,6+/m0/s1. The first kappa shape index (κ1) is 8.87. The Kier molecular flexibility index (Phi) is 2.19. The highest BCUT2D eigenvalue weighted by Gasteiger charge is 2.41. The zero-order valence-corrected chi connectivity index (χ0v) is 7.17. The molecule has 0 aromatic rings. The molecule has 2 fully saturated rings. The molecule has 0 aromatic carbocycles. The van der Waals surface area contributed by atoms with E-state index in [9.17, 15) is 13.6 Å². The van der Waals surface area contributed by atoms with E-state index in [1.807, 2.05) is 0 Å². The van der Waals surface area contributed by atoms with Crippen molar-refractivity contribution in [2.24, 2.45) is 5.92 Å². The first-order valence-electron chi connectivity index (χ1n) is 4.49. The molecule has 1 N–H and O–H groups in total. The van der Waals surface area contributed by atoms with Crippen LogP contribution in [0, 0.1) is 5.92 Å². The van der Waals surface area contributed by atoms with E-state index in [0.717, 1.165) is 13.0 Å². The Morgan fingerprint density at radius 2 is 2.23 bits per heavy atom. The lowest BCUT2D eigenvalue weighted by atomic mass is 10.1. The lowest BCUT2D eigenvalue weighted by molar-refractivity contribution is -0.143. The summed E-state index contributed by atoms with van der Waals surface area (Å²) >= 11 is 0. The van der Waals surface area contributed by atoms with E-state index in [2.05, 4.69) is 5.32 Å². The Morgan fingerprint density at radius 1 is 1.46 bits per heavy atom. The number of rotatable bonds is 1. The predicted molar refractivity (Wildman–Crippen MR) is 42.5 cm³/mol. The van der Waals surface area contributed by atoms with Crippen molar-refractivity contribution >= 4 is 5.91 Å². The van der Waals surface area contributed by atoms with Crippen LogP contribution in [0.5, 0.6) is 0 Å². The van der Waals surface area contributed by atoms with Gasteiger partial charge in [-0.05, 0) is 12.3 Å². The molecule has 0 radical (unpaired) electrons. The number of halogens is 2. The van der Waals surface area contributed by atoms with E-state index in [1.165, 1.54) is 4.90 Å². The van der Waals surface area contributed by atoms with Crippen molar-refractivity contribution in [3.05, 3.63) is 0 Å². The number of fused-ring (bicyclic) bond motifs is 1. The second-order valence-electron chi connectivity index (χ2n) is 3.61. The van der Waals surface area contributed by atoms with Crippen molar-refractivity contribution < 1.29 is 13.6 Å². The molecule has 2 rings (SSSR count). The molecule has 3 nitrogen and oxygen atoms in total. The number of nitrogens with one attached hydrogen (secondary N) is 1. The fourth-order valence-electron chi connectivity index (χ4n) is 2.25. The first-order chi connectivity index (χ1) is 6.20. The van der Waals surface area contributed by atoms with Gasteiger partial charge in [-0.25, -0.2) is 0 Å². The summed E-state index contributed by atoms with van der Waals surface area (Å²) < 4.78 is 24.3. The van der Waals surface area contributed by atoms with Crippen LogP contribution < -0.4 is 5.32 Å². The summed E-state index contributed by atoms with van der Waals surface area (Å²) in [6, 6.07) is 0.0153. The minimum atomic E-state index is -2.85. The summed E-state index contributed by atoms with van der Waals surface area (Å²) in [5, 5.41) is 3.11. The van der Waals surface area contributed by atoms with Crippen LogP contribution in [-0.2, 0) is 4.79 Å². The van der Waals surface area contributed by atoms with Crippen LogP contribution in [0.3, 0.4) is 0 Å². The van der Waals surface area contributed by atoms with E-state index in [-0.39, 0.29) is 6.04 Å². The molecule has 13 heavy (non-hydrogen) atoms. The van der Waals surface area contributed by atoms with E-state index < -0.39 is 12.3 Å². The molecule has 2 aliphatic rings. The van der Waals surface area contributed by atoms with Crippen LogP contribution in [0.2, 0.25) is 0 Å². The Hall–Kier alpha value is -0.710. The molecule has 0 bridgehead atoms. The van der Waals surface area contributed by atoms with Crippen molar-refractivity contribution in [1.29, 1.82) is 0 Å². The highest BCUT2D eigenvalue weighted by molar-refractivity contribution is 5.80. The number of carbonyl (C=O) groups is 1.